The van der Waals surface area contributed by atoms with E-state index in [2.05, 4.69) is 27.0 Å². The summed E-state index contributed by atoms with van der Waals surface area (Å²) in [5.41, 5.74) is 12.3. The van der Waals surface area contributed by atoms with Gasteiger partial charge in [-0.15, -0.1) is 0 Å². The Bertz CT molecular complexity index is 1190. The number of ether oxygens (including phenoxy) is 1. The fourth-order valence-electron chi connectivity index (χ4n) is 5.16. The van der Waals surface area contributed by atoms with Crippen LogP contribution in [0, 0.1) is 0 Å². The molecule has 3 N–H and O–H groups in total. The summed E-state index contributed by atoms with van der Waals surface area (Å²) in [5, 5.41) is 10.1. The summed E-state index contributed by atoms with van der Waals surface area (Å²) in [7, 11) is 0. The first kappa shape index (κ1) is 25.6. The minimum Gasteiger partial charge on any atom is -0.508 e. The average molecular weight is 491 g/mol. The Labute approximate surface area is 212 Å². The van der Waals surface area contributed by atoms with Crippen LogP contribution in [-0.4, -0.2) is 52.4 Å². The molecule has 36 heavy (non-hydrogen) atoms. The zero-order chi connectivity index (χ0) is 24.2. The number of nitrogens with zero attached hydrogens (tertiary/aromatic N) is 3. The van der Waals surface area contributed by atoms with Crippen LogP contribution in [0.25, 0.3) is 11.1 Å². The predicted molar refractivity (Wildman–Crippen MR) is 143 cm³/mol. The Hall–Kier alpha value is -3.45. The molecule has 1 aromatic heterocycles. The van der Waals surface area contributed by atoms with Crippen molar-refractivity contribution in [2.75, 3.05) is 32.0 Å². The van der Waals surface area contributed by atoms with Crippen molar-refractivity contribution in [2.24, 2.45) is 0 Å². The number of phenols is 1. The van der Waals surface area contributed by atoms with E-state index in [0.29, 0.717) is 6.42 Å². The van der Waals surface area contributed by atoms with E-state index in [1.54, 1.807) is 18.5 Å². The van der Waals surface area contributed by atoms with Crippen molar-refractivity contribution in [1.29, 1.82) is 0 Å². The number of anilines is 1. The molecule has 0 amide bonds. The first-order valence-electron chi connectivity index (χ1n) is 12.3. The van der Waals surface area contributed by atoms with Gasteiger partial charge in [-0.1, -0.05) is 25.6 Å². The third kappa shape index (κ3) is 5.68. The number of aromatic hydroxyl groups is 1. The smallest absolute Gasteiger partial charge is 0.219 e. The van der Waals surface area contributed by atoms with Gasteiger partial charge in [0.05, 0.1) is 6.67 Å². The number of alkyl halides is 1. The van der Waals surface area contributed by atoms with Gasteiger partial charge in [-0.2, -0.15) is 0 Å². The summed E-state index contributed by atoms with van der Waals surface area (Å²) in [4.78, 5) is 10.7. The standard InChI is InChI=1S/C28H31FN4O2.CH4/c29-12-2-13-33-14-11-24(18-33)35-23-8-5-19(6-9-23)27-25(21-16-31-28(30)32-17-21)4-1-3-20-15-22(34)7-10-26(20)27;/h5-10,15-17,24,34H,1-4,11-14,18H2,(H2,30,31,32);1H4/t24-;/m0./s1. The van der Waals surface area contributed by atoms with Gasteiger partial charge in [0, 0.05) is 37.6 Å². The van der Waals surface area contributed by atoms with Gasteiger partial charge in [0.15, 0.2) is 0 Å². The number of hydrogen-bond acceptors (Lipinski definition) is 6. The lowest BCUT2D eigenvalue weighted by atomic mass is 9.88. The highest BCUT2D eigenvalue weighted by Gasteiger charge is 2.24. The molecular weight excluding hydrogens is 455 g/mol. The molecular formula is C29H35FN4O2. The second-order valence-electron chi connectivity index (χ2n) is 9.27. The van der Waals surface area contributed by atoms with E-state index in [1.807, 2.05) is 24.3 Å². The largest absolute Gasteiger partial charge is 0.508 e. The maximum absolute atomic E-state index is 12.5. The Balaban J connectivity index is 0.00000304. The number of allylic oxidation sites excluding steroid dienone is 1. The Morgan fingerprint density at radius 3 is 2.58 bits per heavy atom. The third-order valence-electron chi connectivity index (χ3n) is 6.84. The minimum absolute atomic E-state index is 0. The average Bonchev–Trinajstić information content (AvgIpc) is 3.22. The van der Waals surface area contributed by atoms with Gasteiger partial charge in [-0.05, 0) is 84.2 Å². The van der Waals surface area contributed by atoms with Crippen molar-refractivity contribution in [3.63, 3.8) is 0 Å². The normalized spacial score (nSPS) is 17.9. The van der Waals surface area contributed by atoms with Crippen molar-refractivity contribution in [2.45, 2.75) is 45.6 Å². The number of rotatable bonds is 7. The molecule has 2 aliphatic rings. The van der Waals surface area contributed by atoms with Crippen LogP contribution in [0.4, 0.5) is 10.3 Å². The van der Waals surface area contributed by atoms with E-state index in [1.165, 1.54) is 5.57 Å². The third-order valence-corrected chi connectivity index (χ3v) is 6.84. The quantitative estimate of drug-likeness (QED) is 0.454. The molecule has 7 heteroatoms. The summed E-state index contributed by atoms with van der Waals surface area (Å²) in [6.45, 7) is 2.31. The summed E-state index contributed by atoms with van der Waals surface area (Å²) >= 11 is 0. The molecule has 0 radical (unpaired) electrons. The van der Waals surface area contributed by atoms with Gasteiger partial charge < -0.3 is 15.6 Å². The molecule has 1 atom stereocenters. The van der Waals surface area contributed by atoms with E-state index in [9.17, 15) is 9.50 Å². The predicted octanol–water partition coefficient (Wildman–Crippen LogP) is 5.51. The Morgan fingerprint density at radius 1 is 1.06 bits per heavy atom. The highest BCUT2D eigenvalue weighted by atomic mass is 19.1. The monoisotopic (exact) mass is 490 g/mol. The number of aromatic nitrogens is 2. The zero-order valence-corrected chi connectivity index (χ0v) is 19.8. The number of hydrogen-bond donors (Lipinski definition) is 2. The number of benzene rings is 2. The molecule has 6 nitrogen and oxygen atoms in total. The fraction of sp³-hybridized carbons (Fsp3) is 0.379. The van der Waals surface area contributed by atoms with Crippen molar-refractivity contribution in [3.8, 4) is 11.5 Å². The lowest BCUT2D eigenvalue weighted by Gasteiger charge is -2.18. The van der Waals surface area contributed by atoms with E-state index >= 15 is 0 Å². The molecule has 2 heterocycles. The minimum atomic E-state index is -0.271. The number of fused-ring (bicyclic) bond motifs is 1. The molecule has 1 aliphatic carbocycles. The summed E-state index contributed by atoms with van der Waals surface area (Å²) < 4.78 is 18.7. The Morgan fingerprint density at radius 2 is 1.83 bits per heavy atom. The van der Waals surface area contributed by atoms with Crippen molar-refractivity contribution < 1.29 is 14.2 Å². The van der Waals surface area contributed by atoms with Crippen LogP contribution in [0.2, 0.25) is 0 Å². The molecule has 0 unspecified atom stereocenters. The van der Waals surface area contributed by atoms with Crippen LogP contribution in [0.5, 0.6) is 11.5 Å². The van der Waals surface area contributed by atoms with Crippen LogP contribution in [0.3, 0.4) is 0 Å². The van der Waals surface area contributed by atoms with Crippen LogP contribution < -0.4 is 10.5 Å². The molecule has 0 bridgehead atoms. The second kappa shape index (κ2) is 11.5. The van der Waals surface area contributed by atoms with E-state index in [4.69, 9.17) is 10.5 Å². The molecule has 2 aromatic carbocycles. The number of halogens is 1. The molecule has 3 aromatic rings. The molecule has 0 spiro atoms. The van der Waals surface area contributed by atoms with Gasteiger partial charge in [0.2, 0.25) is 5.95 Å². The first-order valence-corrected chi connectivity index (χ1v) is 12.3. The highest BCUT2D eigenvalue weighted by molar-refractivity contribution is 5.99. The number of nitrogen functional groups attached to an aromatic ring is 1. The van der Waals surface area contributed by atoms with Crippen LogP contribution in [0.1, 0.15) is 55.4 Å². The maximum Gasteiger partial charge on any atom is 0.219 e. The summed E-state index contributed by atoms with van der Waals surface area (Å²) in [6, 6.07) is 13.8. The number of aryl methyl sites for hydroxylation is 1. The van der Waals surface area contributed by atoms with Gasteiger partial charge in [-0.3, -0.25) is 9.29 Å². The topological polar surface area (TPSA) is 84.5 Å². The van der Waals surface area contributed by atoms with Gasteiger partial charge >= 0.3 is 0 Å². The van der Waals surface area contributed by atoms with Crippen LogP contribution in [0.15, 0.2) is 54.9 Å². The molecule has 1 aliphatic heterocycles. The molecule has 5 rings (SSSR count). The van der Waals surface area contributed by atoms with E-state index in [-0.39, 0.29) is 31.9 Å². The molecule has 1 fully saturated rings. The summed E-state index contributed by atoms with van der Waals surface area (Å²) in [5.74, 6) is 1.37. The van der Waals surface area contributed by atoms with Crippen molar-refractivity contribution in [3.05, 3.63) is 77.1 Å². The Kier molecular flexibility index (Phi) is 8.21. The number of likely N-dealkylation sites (tertiary alicyclic amines) is 1. The van der Waals surface area contributed by atoms with E-state index < -0.39 is 0 Å². The van der Waals surface area contributed by atoms with E-state index in [0.717, 1.165) is 78.9 Å². The lowest BCUT2D eigenvalue weighted by Crippen LogP contribution is -2.26. The number of nitrogens with two attached hydrogens (primary N) is 1. The second-order valence-corrected chi connectivity index (χ2v) is 9.27. The first-order chi connectivity index (χ1) is 17.1. The molecule has 1 saturated heterocycles. The zero-order valence-electron chi connectivity index (χ0n) is 19.8. The molecule has 0 saturated carbocycles. The fourth-order valence-corrected chi connectivity index (χ4v) is 5.16. The van der Waals surface area contributed by atoms with Gasteiger partial charge in [0.25, 0.3) is 0 Å². The van der Waals surface area contributed by atoms with Gasteiger partial charge in [-0.25, -0.2) is 9.97 Å². The maximum atomic E-state index is 12.5. The van der Waals surface area contributed by atoms with Crippen molar-refractivity contribution in [1.82, 2.24) is 14.9 Å². The molecule has 190 valence electrons. The van der Waals surface area contributed by atoms with Gasteiger partial charge in [0.1, 0.15) is 17.6 Å². The lowest BCUT2D eigenvalue weighted by molar-refractivity contribution is 0.198. The summed E-state index contributed by atoms with van der Waals surface area (Å²) in [6.07, 6.45) is 7.95. The SMILES string of the molecule is C.Nc1ncc(C2=C(c3ccc(O[C@H]4CCN(CCCF)C4)cc3)c3ccc(O)cc3CCC2)cn1. The van der Waals surface area contributed by atoms with Crippen LogP contribution >= 0.6 is 0 Å². The highest BCUT2D eigenvalue weighted by Crippen LogP contribution is 2.40. The van der Waals surface area contributed by atoms with Crippen LogP contribution in [-0.2, 0) is 6.42 Å². The number of phenolic OH excluding ortho intramolecular Hbond substituents is 1. The van der Waals surface area contributed by atoms with Crippen molar-refractivity contribution >= 4 is 17.1 Å².